The van der Waals surface area contributed by atoms with E-state index in [1.807, 2.05) is 0 Å². The van der Waals surface area contributed by atoms with Crippen LogP contribution in [0.2, 0.25) is 0 Å². The molecule has 3 rings (SSSR count). The number of aryl methyl sites for hydroxylation is 1. The zero-order valence-electron chi connectivity index (χ0n) is 15.3. The van der Waals surface area contributed by atoms with Gasteiger partial charge in [-0.2, -0.15) is 13.2 Å². The second-order valence-electron chi connectivity index (χ2n) is 6.32. The third-order valence-corrected chi connectivity index (χ3v) is 6.81. The van der Waals surface area contributed by atoms with Gasteiger partial charge in [0, 0.05) is 16.5 Å². The van der Waals surface area contributed by atoms with E-state index in [0.717, 1.165) is 0 Å². The van der Waals surface area contributed by atoms with Crippen LogP contribution >= 0.6 is 0 Å². The monoisotopic (exact) mass is 430 g/mol. The van der Waals surface area contributed by atoms with Crippen LogP contribution in [0.1, 0.15) is 29.5 Å². The Labute approximate surface area is 166 Å². The molecular formula is C20H21F3O3S2. The van der Waals surface area contributed by atoms with Crippen LogP contribution < -0.4 is 0 Å². The first-order chi connectivity index (χ1) is 13.1. The van der Waals surface area contributed by atoms with Crippen LogP contribution in [0.4, 0.5) is 13.2 Å². The molecule has 152 valence electrons. The van der Waals surface area contributed by atoms with Crippen molar-refractivity contribution in [3.63, 3.8) is 0 Å². The zero-order valence-corrected chi connectivity index (χ0v) is 16.9. The van der Waals surface area contributed by atoms with Gasteiger partial charge in [-0.05, 0) is 30.9 Å². The summed E-state index contributed by atoms with van der Waals surface area (Å²) >= 11 is 0. The molecule has 1 aliphatic rings. The molecule has 2 aromatic rings. The van der Waals surface area contributed by atoms with Crippen molar-refractivity contribution in [2.24, 2.45) is 0 Å². The van der Waals surface area contributed by atoms with Gasteiger partial charge in [-0.3, -0.25) is 0 Å². The van der Waals surface area contributed by atoms with E-state index in [0.29, 0.717) is 10.9 Å². The Hall–Kier alpha value is -1.77. The quantitative estimate of drug-likeness (QED) is 0.397. The fourth-order valence-corrected chi connectivity index (χ4v) is 4.89. The van der Waals surface area contributed by atoms with E-state index in [-0.39, 0.29) is 0 Å². The van der Waals surface area contributed by atoms with Gasteiger partial charge in [0.15, 0.2) is 10.1 Å². The first kappa shape index (κ1) is 22.5. The minimum absolute atomic E-state index is 0.473. The highest BCUT2D eigenvalue weighted by molar-refractivity contribution is 8.00. The van der Waals surface area contributed by atoms with E-state index < -0.39 is 15.6 Å². The molecule has 2 aromatic carbocycles. The number of hydrogen-bond donors (Lipinski definition) is 0. The summed E-state index contributed by atoms with van der Waals surface area (Å²) in [7, 11) is -5.62. The largest absolute Gasteiger partial charge is 0.741 e. The summed E-state index contributed by atoms with van der Waals surface area (Å²) < 4.78 is 58.9. The Bertz CT molecular complexity index is 902. The van der Waals surface area contributed by atoms with Crippen molar-refractivity contribution in [3.8, 4) is 0 Å². The van der Waals surface area contributed by atoms with E-state index in [1.54, 1.807) is 0 Å². The van der Waals surface area contributed by atoms with Crippen LogP contribution in [0.15, 0.2) is 60.0 Å². The van der Waals surface area contributed by atoms with Gasteiger partial charge in [0.1, 0.15) is 16.9 Å². The van der Waals surface area contributed by atoms with Gasteiger partial charge >= 0.3 is 5.51 Å². The van der Waals surface area contributed by atoms with Gasteiger partial charge in [-0.1, -0.05) is 60.2 Å². The van der Waals surface area contributed by atoms with Gasteiger partial charge in [-0.15, -0.1) is 0 Å². The minimum atomic E-state index is -6.09. The molecule has 0 saturated carbocycles. The molecule has 0 N–H and O–H groups in total. The van der Waals surface area contributed by atoms with Crippen molar-refractivity contribution in [1.29, 1.82) is 0 Å². The number of benzene rings is 2. The van der Waals surface area contributed by atoms with Crippen LogP contribution in [-0.4, -0.2) is 30.0 Å². The Morgan fingerprint density at radius 3 is 2.04 bits per heavy atom. The highest BCUT2D eigenvalue weighted by Crippen LogP contribution is 2.28. The lowest BCUT2D eigenvalue weighted by molar-refractivity contribution is -0.0517. The van der Waals surface area contributed by atoms with Crippen molar-refractivity contribution < 1.29 is 26.1 Å². The Morgan fingerprint density at radius 2 is 1.54 bits per heavy atom. The van der Waals surface area contributed by atoms with Crippen molar-refractivity contribution >= 4 is 26.6 Å². The molecule has 0 radical (unpaired) electrons. The zero-order chi connectivity index (χ0) is 20.8. The molecule has 8 heteroatoms. The SMILES string of the molecule is Cc1cccc(C(=C[S+]2CCCC2)c2ccccc2)c1.O=S(=O)([O-])C(F)(F)F. The molecule has 0 atom stereocenters. The predicted octanol–water partition coefficient (Wildman–Crippen LogP) is 4.85. The van der Waals surface area contributed by atoms with Crippen molar-refractivity contribution in [2.45, 2.75) is 25.3 Å². The Balaban J connectivity index is 0.000000300. The van der Waals surface area contributed by atoms with Gasteiger partial charge < -0.3 is 4.55 Å². The molecule has 0 spiro atoms. The molecule has 0 amide bonds. The molecule has 1 fully saturated rings. The van der Waals surface area contributed by atoms with Crippen LogP contribution in [0.5, 0.6) is 0 Å². The highest BCUT2D eigenvalue weighted by Gasteiger charge is 2.36. The predicted molar refractivity (Wildman–Crippen MR) is 107 cm³/mol. The summed E-state index contributed by atoms with van der Waals surface area (Å²) in [6.45, 7) is 2.17. The topological polar surface area (TPSA) is 57.2 Å². The molecule has 0 aromatic heterocycles. The van der Waals surface area contributed by atoms with Crippen LogP contribution in [-0.2, 0) is 21.0 Å². The average Bonchev–Trinajstić information content (AvgIpc) is 3.12. The molecule has 1 aliphatic heterocycles. The first-order valence-electron chi connectivity index (χ1n) is 8.60. The fourth-order valence-electron chi connectivity index (χ4n) is 2.69. The smallest absolute Gasteiger partial charge is 0.485 e. The first-order valence-corrected chi connectivity index (χ1v) is 11.6. The van der Waals surface area contributed by atoms with Crippen molar-refractivity contribution in [3.05, 3.63) is 76.7 Å². The second-order valence-corrected chi connectivity index (χ2v) is 9.82. The summed E-state index contributed by atoms with van der Waals surface area (Å²) in [5.41, 5.74) is -0.195. The number of rotatable bonds is 3. The maximum atomic E-state index is 10.7. The summed E-state index contributed by atoms with van der Waals surface area (Å²) in [5.74, 6) is 2.75. The molecule has 0 unspecified atom stereocenters. The van der Waals surface area contributed by atoms with Gasteiger partial charge in [0.25, 0.3) is 0 Å². The standard InChI is InChI=1S/C19H21S.CHF3O3S/c1-16-8-7-11-18(14-16)19(15-20-12-5-6-13-20)17-9-3-2-4-10-17;2-1(3,4)8(5,6)7/h2-4,7-11,14-15H,5-6,12-13H2,1H3;(H,5,6,7)/q+1;/p-1. The van der Waals surface area contributed by atoms with Gasteiger partial charge in [-0.25, -0.2) is 8.42 Å². The maximum Gasteiger partial charge on any atom is 0.485 e. The van der Waals surface area contributed by atoms with E-state index in [4.69, 9.17) is 13.0 Å². The van der Waals surface area contributed by atoms with E-state index in [9.17, 15) is 13.2 Å². The molecular weight excluding hydrogens is 409 g/mol. The van der Waals surface area contributed by atoms with E-state index in [1.165, 1.54) is 46.6 Å². The molecule has 3 nitrogen and oxygen atoms in total. The van der Waals surface area contributed by atoms with Crippen molar-refractivity contribution in [1.82, 2.24) is 0 Å². The molecule has 0 bridgehead atoms. The normalized spacial score (nSPS) is 15.8. The lowest BCUT2D eigenvalue weighted by atomic mass is 9.98. The summed E-state index contributed by atoms with van der Waals surface area (Å²) in [4.78, 5) is 0. The lowest BCUT2D eigenvalue weighted by Crippen LogP contribution is -2.21. The maximum absolute atomic E-state index is 10.7. The van der Waals surface area contributed by atoms with E-state index in [2.05, 4.69) is 66.9 Å². The van der Waals surface area contributed by atoms with Crippen LogP contribution in [0.25, 0.3) is 5.57 Å². The Kier molecular flexibility index (Phi) is 7.74. The molecule has 1 saturated heterocycles. The van der Waals surface area contributed by atoms with E-state index >= 15 is 0 Å². The lowest BCUT2D eigenvalue weighted by Gasteiger charge is -2.08. The second kappa shape index (κ2) is 9.62. The van der Waals surface area contributed by atoms with Crippen LogP contribution in [0, 0.1) is 6.92 Å². The molecule has 1 heterocycles. The number of halogens is 3. The van der Waals surface area contributed by atoms with Crippen molar-refractivity contribution in [2.75, 3.05) is 11.5 Å². The number of hydrogen-bond acceptors (Lipinski definition) is 3. The molecule has 28 heavy (non-hydrogen) atoms. The van der Waals surface area contributed by atoms with Gasteiger partial charge in [0.05, 0.1) is 0 Å². The minimum Gasteiger partial charge on any atom is -0.741 e. The fraction of sp³-hybridized carbons (Fsp3) is 0.300. The highest BCUT2D eigenvalue weighted by atomic mass is 32.2. The summed E-state index contributed by atoms with van der Waals surface area (Å²) in [6, 6.07) is 19.7. The van der Waals surface area contributed by atoms with Crippen LogP contribution in [0.3, 0.4) is 0 Å². The molecule has 0 aliphatic carbocycles. The average molecular weight is 431 g/mol. The Morgan fingerprint density at radius 1 is 1.00 bits per heavy atom. The third kappa shape index (κ3) is 6.68. The third-order valence-electron chi connectivity index (χ3n) is 4.04. The number of alkyl halides is 3. The summed E-state index contributed by atoms with van der Waals surface area (Å²) in [6.07, 6.45) is 2.80. The summed E-state index contributed by atoms with van der Waals surface area (Å²) in [5, 5.41) is 2.54. The van der Waals surface area contributed by atoms with Gasteiger partial charge in [0.2, 0.25) is 0 Å².